The Morgan fingerprint density at radius 1 is 1.11 bits per heavy atom. The van der Waals surface area contributed by atoms with Gasteiger partial charge in [0.2, 0.25) is 6.79 Å². The molecule has 2 fully saturated rings. The molecule has 0 saturated carbocycles. The van der Waals surface area contributed by atoms with Gasteiger partial charge >= 0.3 is 11.9 Å². The van der Waals surface area contributed by atoms with E-state index in [-0.39, 0.29) is 48.9 Å². The van der Waals surface area contributed by atoms with Crippen molar-refractivity contribution in [2.24, 2.45) is 11.3 Å². The zero-order chi connectivity index (χ0) is 40.9. The number of hydrogen-bond donors (Lipinski definition) is 3. The van der Waals surface area contributed by atoms with Crippen molar-refractivity contribution in [3.05, 3.63) is 63.1 Å². The zero-order valence-corrected chi connectivity index (χ0v) is 34.6. The minimum atomic E-state index is -1.38. The topological polar surface area (TPSA) is 172 Å². The van der Waals surface area contributed by atoms with Gasteiger partial charge in [0, 0.05) is 54.5 Å². The van der Waals surface area contributed by atoms with Gasteiger partial charge in [-0.2, -0.15) is 5.26 Å². The number of carbonyl (C=O) groups is 2. The van der Waals surface area contributed by atoms with E-state index >= 15 is 0 Å². The minimum Gasteiger partial charge on any atom is -0.508 e. The fourth-order valence-electron chi connectivity index (χ4n) is 10.7. The third-order valence-corrected chi connectivity index (χ3v) is 14.8. The smallest absolute Gasteiger partial charge is 0.331 e. The fourth-order valence-corrected chi connectivity index (χ4v) is 12.4. The average Bonchev–Trinajstić information content (AvgIpc) is 3.67. The quantitative estimate of drug-likeness (QED) is 0.276. The summed E-state index contributed by atoms with van der Waals surface area (Å²) in [7, 11) is 5.00. The highest BCUT2D eigenvalue weighted by molar-refractivity contribution is 7.99. The van der Waals surface area contributed by atoms with E-state index in [0.29, 0.717) is 58.2 Å². The Labute approximate surface area is 336 Å². The first-order chi connectivity index (χ1) is 27.1. The highest BCUT2D eigenvalue weighted by atomic mass is 32.2. The number of esters is 2. The van der Waals surface area contributed by atoms with Gasteiger partial charge in [0.25, 0.3) is 0 Å². The van der Waals surface area contributed by atoms with Crippen LogP contribution in [-0.4, -0.2) is 103 Å². The second-order valence-corrected chi connectivity index (χ2v) is 17.6. The lowest BCUT2D eigenvalue weighted by atomic mass is 9.61. The van der Waals surface area contributed by atoms with Crippen LogP contribution in [0.3, 0.4) is 0 Å². The molecular weight excluding hydrogens is 753 g/mol. The first-order valence-electron chi connectivity index (χ1n) is 19.2. The molecule has 1 spiro atoms. The molecule has 6 heterocycles. The van der Waals surface area contributed by atoms with Crippen molar-refractivity contribution in [3.63, 3.8) is 0 Å². The normalized spacial score (nSPS) is 33.4. The number of piperazine rings is 1. The Morgan fingerprint density at radius 3 is 2.53 bits per heavy atom. The van der Waals surface area contributed by atoms with E-state index in [1.165, 1.54) is 25.8 Å². The summed E-state index contributed by atoms with van der Waals surface area (Å²) in [5.41, 5.74) is 0.649. The van der Waals surface area contributed by atoms with E-state index in [2.05, 4.69) is 34.2 Å². The van der Waals surface area contributed by atoms with Gasteiger partial charge in [0.05, 0.1) is 37.0 Å². The number of thioether (sulfide) groups is 1. The number of nitriles is 1. The van der Waals surface area contributed by atoms with Crippen molar-refractivity contribution in [2.45, 2.75) is 82.4 Å². The number of benzene rings is 2. The molecular formula is C42H50N4O10S. The molecule has 9 rings (SSSR count). The molecule has 2 bridgehead atoms. The third-order valence-electron chi connectivity index (χ3n) is 13.3. The summed E-state index contributed by atoms with van der Waals surface area (Å²) in [6.45, 7) is 11.6. The number of phenolic OH excluding ortho intramolecular Hbond substituents is 1. The number of nitrogens with one attached hydrogen (secondary N) is 1. The molecule has 304 valence electrons. The van der Waals surface area contributed by atoms with Crippen molar-refractivity contribution >= 4 is 23.7 Å². The SMILES string of the molecule is COC1=C(O)C(C)([C@@H]2C3[C@@H]4SC[C@]5(NCCc6cc(O)c(OC)cc65)C(=O)OCC(c5c6c(c(C)c(OC(C)=O)c54)OCO6)N3[C@@](C)(C#N)CN2C)C(C)C=C1C. The van der Waals surface area contributed by atoms with Crippen LogP contribution in [0.4, 0.5) is 0 Å². The standard InChI is InChI=1S/C42H50N4O10S/c1-20-12-21(2)41(6,38(49)32(20)52-9)37-31-36-30-29(35-34(54-19-55-35)22(3)33(30)56-23(4)47)26(46(31)40(5,16-43)17-45(37)7)15-53-39(50)42(18-57-36)25-14-28(51-8)27(48)13-24(25)10-11-44-42/h12-14,21,26,31,36-37,44,48-49H,10-11,15,17-19H2,1-9H3/t21?,26?,31?,36-,37+,40+,41?,42-/m1/s1. The molecule has 1 aliphatic carbocycles. The van der Waals surface area contributed by atoms with Crippen LogP contribution in [-0.2, 0) is 31.0 Å². The summed E-state index contributed by atoms with van der Waals surface area (Å²) < 4.78 is 36.4. The summed E-state index contributed by atoms with van der Waals surface area (Å²) in [5, 5.41) is 37.3. The molecule has 57 heavy (non-hydrogen) atoms. The first kappa shape index (κ1) is 39.2. The number of phenols is 1. The van der Waals surface area contributed by atoms with E-state index in [9.17, 15) is 25.1 Å². The molecule has 4 unspecified atom stereocenters. The number of likely N-dealkylation sites (N-methyl/N-ethyl adjacent to an activating group) is 1. The second-order valence-electron chi connectivity index (χ2n) is 16.5. The molecule has 14 nitrogen and oxygen atoms in total. The molecule has 6 aliphatic heterocycles. The second kappa shape index (κ2) is 13.8. The maximum absolute atomic E-state index is 14.9. The summed E-state index contributed by atoms with van der Waals surface area (Å²) in [5.74, 6) is 0.809. The van der Waals surface area contributed by atoms with E-state index in [1.54, 1.807) is 19.2 Å². The monoisotopic (exact) mass is 802 g/mol. The highest BCUT2D eigenvalue weighted by Gasteiger charge is 2.65. The maximum Gasteiger partial charge on any atom is 0.331 e. The molecule has 0 radical (unpaired) electrons. The Hall–Kier alpha value is -4.62. The molecule has 15 heteroatoms. The van der Waals surface area contributed by atoms with Gasteiger partial charge < -0.3 is 38.6 Å². The van der Waals surface area contributed by atoms with Crippen LogP contribution in [0.5, 0.6) is 28.7 Å². The first-order valence-corrected chi connectivity index (χ1v) is 20.3. The van der Waals surface area contributed by atoms with Crippen molar-refractivity contribution in [1.29, 1.82) is 5.26 Å². The van der Waals surface area contributed by atoms with Crippen LogP contribution in [0.1, 0.15) is 73.7 Å². The summed E-state index contributed by atoms with van der Waals surface area (Å²) in [6, 6.07) is 4.13. The number of hydrogen-bond acceptors (Lipinski definition) is 15. The van der Waals surface area contributed by atoms with Crippen LogP contribution < -0.4 is 24.3 Å². The van der Waals surface area contributed by atoms with Gasteiger partial charge in [0.1, 0.15) is 23.7 Å². The lowest BCUT2D eigenvalue weighted by molar-refractivity contribution is -0.161. The molecule has 2 saturated heterocycles. The maximum atomic E-state index is 14.9. The Bertz CT molecular complexity index is 2190. The lowest BCUT2D eigenvalue weighted by Crippen LogP contribution is -2.75. The van der Waals surface area contributed by atoms with Crippen molar-refractivity contribution in [2.75, 3.05) is 53.5 Å². The third kappa shape index (κ3) is 5.47. The van der Waals surface area contributed by atoms with E-state index < -0.39 is 51.8 Å². The van der Waals surface area contributed by atoms with E-state index in [4.69, 9.17) is 28.4 Å². The number of ether oxygens (including phenoxy) is 6. The number of allylic oxidation sites excluding steroid dienone is 2. The number of aromatic hydroxyl groups is 1. The zero-order valence-electron chi connectivity index (χ0n) is 33.8. The van der Waals surface area contributed by atoms with Gasteiger partial charge in [-0.05, 0) is 69.0 Å². The van der Waals surface area contributed by atoms with Crippen LogP contribution in [0, 0.1) is 29.6 Å². The molecule has 2 aromatic carbocycles. The van der Waals surface area contributed by atoms with Gasteiger partial charge in [-0.25, -0.2) is 4.79 Å². The molecule has 8 atom stereocenters. The van der Waals surface area contributed by atoms with E-state index in [0.717, 1.165) is 11.1 Å². The predicted octanol–water partition coefficient (Wildman–Crippen LogP) is 5.08. The fraction of sp³-hybridized carbons (Fsp3) is 0.548. The summed E-state index contributed by atoms with van der Waals surface area (Å²) >= 11 is 1.48. The van der Waals surface area contributed by atoms with Gasteiger partial charge in [-0.3, -0.25) is 19.9 Å². The molecule has 7 aliphatic rings. The highest BCUT2D eigenvalue weighted by Crippen LogP contribution is 2.64. The predicted molar refractivity (Wildman–Crippen MR) is 209 cm³/mol. The molecule has 3 N–H and O–H groups in total. The van der Waals surface area contributed by atoms with Crippen LogP contribution in [0.2, 0.25) is 0 Å². The Morgan fingerprint density at radius 2 is 1.84 bits per heavy atom. The molecule has 2 aromatic rings. The largest absolute Gasteiger partial charge is 0.508 e. The number of methoxy groups -OCH3 is 2. The number of aliphatic hydroxyl groups excluding tert-OH is 1. The Kier molecular flexibility index (Phi) is 9.46. The van der Waals surface area contributed by atoms with E-state index in [1.807, 2.05) is 34.7 Å². The summed E-state index contributed by atoms with van der Waals surface area (Å²) in [6.07, 6.45) is 2.67. The minimum absolute atomic E-state index is 0.0262. The van der Waals surface area contributed by atoms with Crippen LogP contribution >= 0.6 is 11.8 Å². The van der Waals surface area contributed by atoms with Gasteiger partial charge in [-0.1, -0.05) is 19.9 Å². The molecule has 0 aromatic heterocycles. The van der Waals surface area contributed by atoms with Crippen molar-refractivity contribution in [1.82, 2.24) is 15.1 Å². The number of carbonyl (C=O) groups excluding carboxylic acids is 2. The van der Waals surface area contributed by atoms with Gasteiger partial charge in [-0.15, -0.1) is 11.8 Å². The van der Waals surface area contributed by atoms with Gasteiger partial charge in [0.15, 0.2) is 34.3 Å². The lowest BCUT2D eigenvalue weighted by Gasteiger charge is -2.64. The van der Waals surface area contributed by atoms with Crippen LogP contribution in [0.15, 0.2) is 35.3 Å². The molecule has 0 amide bonds. The number of nitrogens with zero attached hydrogens (tertiary/aromatic N) is 3. The Balaban J connectivity index is 1.44. The number of fused-ring (bicyclic) bond motifs is 5. The summed E-state index contributed by atoms with van der Waals surface area (Å²) in [4.78, 5) is 32.2. The van der Waals surface area contributed by atoms with Crippen molar-refractivity contribution in [3.8, 4) is 34.8 Å². The number of aliphatic hydroxyl groups is 1. The van der Waals surface area contributed by atoms with Crippen molar-refractivity contribution < 1.29 is 48.2 Å². The number of rotatable bonds is 4. The van der Waals surface area contributed by atoms with Crippen LogP contribution in [0.25, 0.3) is 0 Å². The average molecular weight is 803 g/mol.